The number of ether oxygens (including phenoxy) is 2. The van der Waals surface area contributed by atoms with E-state index in [2.05, 4.69) is 20.2 Å². The van der Waals surface area contributed by atoms with Crippen LogP contribution in [-0.2, 0) is 7.05 Å². The lowest BCUT2D eigenvalue weighted by Gasteiger charge is -2.15. The summed E-state index contributed by atoms with van der Waals surface area (Å²) < 4.78 is 15.2. The number of nitrogens with one attached hydrogen (secondary N) is 1. The molecule has 0 radical (unpaired) electrons. The molecular weight excluding hydrogens is 596 g/mol. The Morgan fingerprint density at radius 2 is 1.96 bits per heavy atom. The van der Waals surface area contributed by atoms with Gasteiger partial charge in [0.15, 0.2) is 6.29 Å². The Morgan fingerprint density at radius 1 is 1.13 bits per heavy atom. The monoisotopic (exact) mass is 638 g/mol. The van der Waals surface area contributed by atoms with Gasteiger partial charge in [0.25, 0.3) is 5.56 Å². The van der Waals surface area contributed by atoms with E-state index in [0.717, 1.165) is 72.8 Å². The fourth-order valence-corrected chi connectivity index (χ4v) is 6.26. The average molecular weight is 639 g/mol. The van der Waals surface area contributed by atoms with Crippen molar-refractivity contribution in [1.29, 1.82) is 0 Å². The molecule has 3 aliphatic rings. The number of carbonyl (C=O) groups is 1. The number of hydrogen-bond donors (Lipinski definition) is 2. The summed E-state index contributed by atoms with van der Waals surface area (Å²) in [7, 11) is 3.62. The zero-order chi connectivity index (χ0) is 33.0. The van der Waals surface area contributed by atoms with E-state index in [1.807, 2.05) is 61.7 Å². The van der Waals surface area contributed by atoms with Crippen molar-refractivity contribution >= 4 is 28.7 Å². The molecular formula is C36H42N6O5. The number of β-amino-alcohol motifs (C(OH)–C–C–N with tert-alkyl or cyclic N) is 1. The molecule has 2 fully saturated rings. The number of aliphatic hydroxyl groups excluding tert-OH is 1. The van der Waals surface area contributed by atoms with Crippen LogP contribution in [0, 0.1) is 12.3 Å². The molecule has 7 rings (SSSR count). The summed E-state index contributed by atoms with van der Waals surface area (Å²) in [5.74, 6) is 3.00. The number of aliphatic hydroxyl groups is 1. The Bertz CT molecular complexity index is 1850. The molecule has 11 nitrogen and oxygen atoms in total. The number of anilines is 1. The van der Waals surface area contributed by atoms with Gasteiger partial charge in [-0.05, 0) is 75.4 Å². The van der Waals surface area contributed by atoms with E-state index in [9.17, 15) is 14.7 Å². The van der Waals surface area contributed by atoms with E-state index >= 15 is 0 Å². The van der Waals surface area contributed by atoms with Crippen molar-refractivity contribution in [3.8, 4) is 17.2 Å². The molecule has 2 N–H and O–H groups in total. The second kappa shape index (κ2) is 13.9. The Kier molecular flexibility index (Phi) is 9.55. The van der Waals surface area contributed by atoms with Gasteiger partial charge in [0.2, 0.25) is 0 Å². The first-order valence-corrected chi connectivity index (χ1v) is 16.2. The Labute approximate surface area is 274 Å². The molecule has 246 valence electrons. The number of aldehydes is 1. The third-order valence-corrected chi connectivity index (χ3v) is 9.29. The van der Waals surface area contributed by atoms with Gasteiger partial charge in [0.05, 0.1) is 30.1 Å². The number of carbonyl (C=O) groups excluding carboxylic acids is 1. The summed E-state index contributed by atoms with van der Waals surface area (Å²) >= 11 is 0. The number of nitrogens with zero attached hydrogens (tertiary/aromatic N) is 5. The van der Waals surface area contributed by atoms with Crippen molar-refractivity contribution in [3.05, 3.63) is 88.6 Å². The van der Waals surface area contributed by atoms with Crippen molar-refractivity contribution < 1.29 is 19.4 Å². The summed E-state index contributed by atoms with van der Waals surface area (Å²) in [5, 5.41) is 14.1. The zero-order valence-electron chi connectivity index (χ0n) is 27.2. The summed E-state index contributed by atoms with van der Waals surface area (Å²) in [6, 6.07) is 11.5. The van der Waals surface area contributed by atoms with Crippen LogP contribution in [-0.4, -0.2) is 75.0 Å². The van der Waals surface area contributed by atoms with Crippen LogP contribution in [0.15, 0.2) is 71.8 Å². The van der Waals surface area contributed by atoms with E-state index in [1.54, 1.807) is 31.0 Å². The van der Waals surface area contributed by atoms with Gasteiger partial charge < -0.3 is 19.9 Å². The number of allylic oxidation sites excluding steroid dienone is 4. The SMILES string of the molecule is CNc1ccc(Oc2ccnc3cc(OCCCN4CC(O)C5(CC5)C4)ccc23)cn1.Cc1c(C=O)c(=O)n(C2=CCCC=C2)n1C. The van der Waals surface area contributed by atoms with Crippen molar-refractivity contribution in [1.82, 2.24) is 24.2 Å². The summed E-state index contributed by atoms with van der Waals surface area (Å²) in [5.41, 5.74) is 2.58. The van der Waals surface area contributed by atoms with Crippen LogP contribution in [0.4, 0.5) is 5.82 Å². The molecule has 1 unspecified atom stereocenters. The lowest BCUT2D eigenvalue weighted by atomic mass is 10.0. The zero-order valence-corrected chi connectivity index (χ0v) is 27.2. The lowest BCUT2D eigenvalue weighted by Crippen LogP contribution is -2.24. The maximum atomic E-state index is 12.0. The van der Waals surface area contributed by atoms with Gasteiger partial charge in [-0.25, -0.2) is 9.67 Å². The molecule has 1 saturated carbocycles. The van der Waals surface area contributed by atoms with Gasteiger partial charge in [-0.15, -0.1) is 0 Å². The molecule has 0 bridgehead atoms. The van der Waals surface area contributed by atoms with Crippen molar-refractivity contribution in [2.24, 2.45) is 12.5 Å². The van der Waals surface area contributed by atoms with Crippen LogP contribution in [0.2, 0.25) is 0 Å². The Balaban J connectivity index is 0.000000203. The van der Waals surface area contributed by atoms with Gasteiger partial charge in [0.1, 0.15) is 28.6 Å². The third-order valence-electron chi connectivity index (χ3n) is 9.29. The van der Waals surface area contributed by atoms with Crippen LogP contribution in [0.25, 0.3) is 16.6 Å². The molecule has 2 aliphatic carbocycles. The van der Waals surface area contributed by atoms with Crippen molar-refractivity contribution in [3.63, 3.8) is 0 Å². The average Bonchev–Trinajstić information content (AvgIpc) is 3.76. The molecule has 11 heteroatoms. The van der Waals surface area contributed by atoms with E-state index < -0.39 is 0 Å². The summed E-state index contributed by atoms with van der Waals surface area (Å²) in [6.07, 6.45) is 15.1. The molecule has 1 aliphatic heterocycles. The smallest absolute Gasteiger partial charge is 0.282 e. The fraction of sp³-hybridized carbons (Fsp3) is 0.389. The first kappa shape index (κ1) is 32.2. The molecule has 1 saturated heterocycles. The van der Waals surface area contributed by atoms with E-state index in [-0.39, 0.29) is 22.6 Å². The normalized spacial score (nSPS) is 18.0. The number of pyridine rings is 2. The molecule has 4 heterocycles. The minimum absolute atomic E-state index is 0.145. The summed E-state index contributed by atoms with van der Waals surface area (Å²) in [6.45, 7) is 5.21. The molecule has 47 heavy (non-hydrogen) atoms. The highest BCUT2D eigenvalue weighted by Gasteiger charge is 2.54. The number of likely N-dealkylation sites (tertiary alicyclic amines) is 1. The predicted octanol–water partition coefficient (Wildman–Crippen LogP) is 5.19. The van der Waals surface area contributed by atoms with E-state index in [1.165, 1.54) is 17.5 Å². The van der Waals surface area contributed by atoms with Gasteiger partial charge in [0, 0.05) is 62.5 Å². The van der Waals surface area contributed by atoms with Crippen LogP contribution in [0.3, 0.4) is 0 Å². The highest BCUT2D eigenvalue weighted by Crippen LogP contribution is 2.52. The van der Waals surface area contributed by atoms with E-state index in [0.29, 0.717) is 24.3 Å². The van der Waals surface area contributed by atoms with Gasteiger partial charge in [-0.3, -0.25) is 24.2 Å². The predicted molar refractivity (Wildman–Crippen MR) is 182 cm³/mol. The van der Waals surface area contributed by atoms with Crippen LogP contribution < -0.4 is 20.3 Å². The Hall–Kier alpha value is -4.74. The molecule has 3 aromatic heterocycles. The largest absolute Gasteiger partial charge is 0.493 e. The number of benzene rings is 1. The minimum atomic E-state index is -0.243. The van der Waals surface area contributed by atoms with Crippen molar-refractivity contribution in [2.75, 3.05) is 38.6 Å². The van der Waals surface area contributed by atoms with Gasteiger partial charge >= 0.3 is 0 Å². The molecule has 0 amide bonds. The second-order valence-electron chi connectivity index (χ2n) is 12.4. The molecule has 4 aromatic rings. The molecule has 1 spiro atoms. The highest BCUT2D eigenvalue weighted by molar-refractivity contribution is 5.86. The summed E-state index contributed by atoms with van der Waals surface area (Å²) in [4.78, 5) is 33.9. The quantitative estimate of drug-likeness (QED) is 0.179. The number of rotatable bonds is 10. The highest BCUT2D eigenvalue weighted by atomic mass is 16.5. The topological polar surface area (TPSA) is 124 Å². The second-order valence-corrected chi connectivity index (χ2v) is 12.4. The Morgan fingerprint density at radius 3 is 2.62 bits per heavy atom. The van der Waals surface area contributed by atoms with Crippen molar-refractivity contribution in [2.45, 2.75) is 45.1 Å². The first-order chi connectivity index (χ1) is 22.8. The fourth-order valence-electron chi connectivity index (χ4n) is 6.26. The van der Waals surface area contributed by atoms with Crippen LogP contribution >= 0.6 is 0 Å². The minimum Gasteiger partial charge on any atom is -0.493 e. The lowest BCUT2D eigenvalue weighted by molar-refractivity contribution is 0.112. The van der Waals surface area contributed by atoms with Gasteiger partial charge in [-0.1, -0.05) is 12.2 Å². The van der Waals surface area contributed by atoms with Crippen LogP contribution in [0.5, 0.6) is 17.2 Å². The third kappa shape index (κ3) is 7.01. The molecule has 1 atom stereocenters. The number of aromatic nitrogens is 4. The standard InChI is InChI=1S/C24H28N4O3.C12H14N2O2/c1-25-23-6-4-18(14-27-23)31-21-7-10-26-20-13-17(3-5-19(20)21)30-12-2-11-28-15-22(29)24(16-28)8-9-24;1-9-11(8-15)12(16)14(13(9)2)10-6-4-3-5-7-10/h3-7,10,13-14,22,29H,2,8-9,11-12,15-16H2,1H3,(H,25,27);4,6-8H,3,5H2,1-2H3. The van der Waals surface area contributed by atoms with Gasteiger partial charge in [-0.2, -0.15) is 0 Å². The maximum absolute atomic E-state index is 12.0. The van der Waals surface area contributed by atoms with E-state index in [4.69, 9.17) is 9.47 Å². The first-order valence-electron chi connectivity index (χ1n) is 16.2. The number of hydrogen-bond acceptors (Lipinski definition) is 9. The van der Waals surface area contributed by atoms with Crippen LogP contribution in [0.1, 0.15) is 48.2 Å². The molecule has 1 aromatic carbocycles. The maximum Gasteiger partial charge on any atom is 0.282 e. The number of fused-ring (bicyclic) bond motifs is 1.